The molecule has 19 heavy (non-hydrogen) atoms. The van der Waals surface area contributed by atoms with Crippen LogP contribution in [0.3, 0.4) is 0 Å². The van der Waals surface area contributed by atoms with Gasteiger partial charge in [0.2, 0.25) is 0 Å². The molecule has 1 aliphatic carbocycles. The van der Waals surface area contributed by atoms with E-state index in [1.165, 1.54) is 12.1 Å². The Labute approximate surface area is 110 Å². The molecule has 1 unspecified atom stereocenters. The van der Waals surface area contributed by atoms with Crippen molar-refractivity contribution in [3.8, 4) is 0 Å². The summed E-state index contributed by atoms with van der Waals surface area (Å²) in [6.07, 6.45) is -0.253. The van der Waals surface area contributed by atoms with Crippen LogP contribution in [0.2, 0.25) is 0 Å². The van der Waals surface area contributed by atoms with Gasteiger partial charge in [0.05, 0.1) is 5.56 Å². The maximum absolute atomic E-state index is 12.6. The Kier molecular flexibility index (Phi) is 3.96. The van der Waals surface area contributed by atoms with Crippen LogP contribution in [0.1, 0.15) is 29.5 Å². The molecule has 0 saturated heterocycles. The van der Waals surface area contributed by atoms with E-state index < -0.39 is 11.7 Å². The predicted octanol–water partition coefficient (Wildman–Crippen LogP) is 2.71. The molecule has 5 heteroatoms. The fourth-order valence-corrected chi connectivity index (χ4v) is 2.31. The van der Waals surface area contributed by atoms with Gasteiger partial charge in [-0.3, -0.25) is 0 Å². The van der Waals surface area contributed by atoms with Crippen molar-refractivity contribution in [3.63, 3.8) is 0 Å². The van der Waals surface area contributed by atoms with Crippen LogP contribution in [-0.4, -0.2) is 12.6 Å². The van der Waals surface area contributed by atoms with Crippen LogP contribution < -0.4 is 11.5 Å². The number of rotatable bonds is 3. The topological polar surface area (TPSA) is 52.0 Å². The fraction of sp³-hybridized carbons (Fsp3) is 0.429. The fourth-order valence-electron chi connectivity index (χ4n) is 2.31. The SMILES string of the molecule is NCC(N)CC1=Cc2ccc(C(F)(F)F)cc2CC1. The lowest BCUT2D eigenvalue weighted by molar-refractivity contribution is -0.137. The molecule has 0 heterocycles. The van der Waals surface area contributed by atoms with E-state index in [1.807, 2.05) is 6.08 Å². The summed E-state index contributed by atoms with van der Waals surface area (Å²) >= 11 is 0. The van der Waals surface area contributed by atoms with Crippen LogP contribution in [0.25, 0.3) is 6.08 Å². The number of hydrogen-bond acceptors (Lipinski definition) is 2. The Morgan fingerprint density at radius 2 is 1.95 bits per heavy atom. The van der Waals surface area contributed by atoms with E-state index in [0.717, 1.165) is 29.2 Å². The van der Waals surface area contributed by atoms with E-state index in [1.54, 1.807) is 0 Å². The molecule has 1 atom stereocenters. The molecule has 104 valence electrons. The van der Waals surface area contributed by atoms with Crippen LogP contribution in [0, 0.1) is 0 Å². The van der Waals surface area contributed by atoms with Gasteiger partial charge in [0, 0.05) is 12.6 Å². The summed E-state index contributed by atoms with van der Waals surface area (Å²) in [7, 11) is 0. The molecule has 0 amide bonds. The van der Waals surface area contributed by atoms with Crippen molar-refractivity contribution >= 4 is 6.08 Å². The summed E-state index contributed by atoms with van der Waals surface area (Å²) in [5.74, 6) is 0. The van der Waals surface area contributed by atoms with E-state index in [4.69, 9.17) is 11.5 Å². The largest absolute Gasteiger partial charge is 0.416 e. The average Bonchev–Trinajstić information content (AvgIpc) is 2.36. The van der Waals surface area contributed by atoms with Gasteiger partial charge in [0.25, 0.3) is 0 Å². The smallest absolute Gasteiger partial charge is 0.329 e. The number of alkyl halides is 3. The first-order valence-corrected chi connectivity index (χ1v) is 6.25. The van der Waals surface area contributed by atoms with Gasteiger partial charge in [0.15, 0.2) is 0 Å². The molecule has 0 radical (unpaired) electrons. The van der Waals surface area contributed by atoms with Gasteiger partial charge >= 0.3 is 6.18 Å². The molecule has 4 N–H and O–H groups in total. The van der Waals surface area contributed by atoms with Gasteiger partial charge in [-0.1, -0.05) is 17.7 Å². The van der Waals surface area contributed by atoms with E-state index in [9.17, 15) is 13.2 Å². The minimum absolute atomic E-state index is 0.0813. The number of aryl methyl sites for hydroxylation is 1. The Morgan fingerprint density at radius 1 is 1.21 bits per heavy atom. The quantitative estimate of drug-likeness (QED) is 0.887. The molecule has 0 aliphatic heterocycles. The van der Waals surface area contributed by atoms with Gasteiger partial charge in [-0.25, -0.2) is 0 Å². The van der Waals surface area contributed by atoms with Gasteiger partial charge in [-0.2, -0.15) is 13.2 Å². The lowest BCUT2D eigenvalue weighted by Gasteiger charge is -2.20. The molecule has 0 aromatic heterocycles. The predicted molar refractivity (Wildman–Crippen MR) is 69.4 cm³/mol. The Bertz CT molecular complexity index is 492. The summed E-state index contributed by atoms with van der Waals surface area (Å²) in [4.78, 5) is 0. The Balaban J connectivity index is 2.23. The highest BCUT2D eigenvalue weighted by Gasteiger charge is 2.31. The lowest BCUT2D eigenvalue weighted by Crippen LogP contribution is -2.30. The van der Waals surface area contributed by atoms with Crippen molar-refractivity contribution in [1.29, 1.82) is 0 Å². The maximum Gasteiger partial charge on any atom is 0.416 e. The first-order valence-electron chi connectivity index (χ1n) is 6.25. The van der Waals surface area contributed by atoms with Crippen molar-refractivity contribution < 1.29 is 13.2 Å². The van der Waals surface area contributed by atoms with E-state index >= 15 is 0 Å². The standard InChI is InChI=1S/C14H17F3N2/c15-14(16,17)12-4-3-10-5-9(6-13(19)8-18)1-2-11(10)7-12/h3-5,7,13H,1-2,6,8,18-19H2. The lowest BCUT2D eigenvalue weighted by atomic mass is 9.88. The zero-order valence-corrected chi connectivity index (χ0v) is 10.5. The molecular formula is C14H17F3N2. The van der Waals surface area contributed by atoms with Crippen LogP contribution in [0.15, 0.2) is 23.8 Å². The molecule has 1 aromatic rings. The molecule has 2 rings (SSSR count). The molecule has 0 fully saturated rings. The molecule has 2 nitrogen and oxygen atoms in total. The second-order valence-corrected chi connectivity index (χ2v) is 4.91. The van der Waals surface area contributed by atoms with Crippen LogP contribution in [-0.2, 0) is 12.6 Å². The van der Waals surface area contributed by atoms with E-state index in [0.29, 0.717) is 19.4 Å². The van der Waals surface area contributed by atoms with Gasteiger partial charge < -0.3 is 11.5 Å². The normalized spacial score (nSPS) is 16.8. The highest BCUT2D eigenvalue weighted by Crippen LogP contribution is 2.33. The van der Waals surface area contributed by atoms with Crippen molar-refractivity contribution in [2.24, 2.45) is 11.5 Å². The number of benzene rings is 1. The highest BCUT2D eigenvalue weighted by molar-refractivity contribution is 5.60. The third-order valence-electron chi connectivity index (χ3n) is 3.37. The van der Waals surface area contributed by atoms with Crippen molar-refractivity contribution in [3.05, 3.63) is 40.5 Å². The maximum atomic E-state index is 12.6. The van der Waals surface area contributed by atoms with Crippen molar-refractivity contribution in [2.45, 2.75) is 31.5 Å². The highest BCUT2D eigenvalue weighted by atomic mass is 19.4. The summed E-state index contributed by atoms with van der Waals surface area (Å²) in [5.41, 5.74) is 13.5. The monoisotopic (exact) mass is 270 g/mol. The summed E-state index contributed by atoms with van der Waals surface area (Å²) in [5, 5.41) is 0. The first-order chi connectivity index (χ1) is 8.90. The number of halogens is 3. The third-order valence-corrected chi connectivity index (χ3v) is 3.37. The third kappa shape index (κ3) is 3.36. The average molecular weight is 270 g/mol. The number of fused-ring (bicyclic) bond motifs is 1. The number of hydrogen-bond donors (Lipinski definition) is 2. The molecular weight excluding hydrogens is 253 g/mol. The van der Waals surface area contributed by atoms with Crippen LogP contribution in [0.5, 0.6) is 0 Å². The minimum atomic E-state index is -4.28. The van der Waals surface area contributed by atoms with Gasteiger partial charge in [-0.15, -0.1) is 0 Å². The summed E-state index contributed by atoms with van der Waals surface area (Å²) in [6, 6.07) is 3.82. The first kappa shape index (κ1) is 14.1. The Morgan fingerprint density at radius 3 is 2.58 bits per heavy atom. The Hall–Kier alpha value is -1.33. The molecule has 0 bridgehead atoms. The van der Waals surface area contributed by atoms with E-state index in [-0.39, 0.29) is 6.04 Å². The van der Waals surface area contributed by atoms with Crippen LogP contribution in [0.4, 0.5) is 13.2 Å². The summed E-state index contributed by atoms with van der Waals surface area (Å²) in [6.45, 7) is 0.414. The molecule has 1 aromatic carbocycles. The molecule has 0 spiro atoms. The molecule has 0 saturated carbocycles. The van der Waals surface area contributed by atoms with Gasteiger partial charge in [-0.05, 0) is 42.5 Å². The minimum Gasteiger partial charge on any atom is -0.329 e. The zero-order valence-electron chi connectivity index (χ0n) is 10.5. The van der Waals surface area contributed by atoms with E-state index in [2.05, 4.69) is 0 Å². The summed E-state index contributed by atoms with van der Waals surface area (Å²) < 4.78 is 37.8. The van der Waals surface area contributed by atoms with Crippen molar-refractivity contribution in [1.82, 2.24) is 0 Å². The molecule has 1 aliphatic rings. The van der Waals surface area contributed by atoms with Crippen LogP contribution >= 0.6 is 0 Å². The van der Waals surface area contributed by atoms with Crippen molar-refractivity contribution in [2.75, 3.05) is 6.54 Å². The second-order valence-electron chi connectivity index (χ2n) is 4.91. The number of nitrogens with two attached hydrogens (primary N) is 2. The second kappa shape index (κ2) is 5.35. The zero-order chi connectivity index (χ0) is 14.0. The van der Waals surface area contributed by atoms with Gasteiger partial charge in [0.1, 0.15) is 0 Å².